The van der Waals surface area contributed by atoms with Gasteiger partial charge in [0.15, 0.2) is 0 Å². The average Bonchev–Trinajstić information content (AvgIpc) is 2.44. The summed E-state index contributed by atoms with van der Waals surface area (Å²) in [6.07, 6.45) is 6.10. The number of rotatable bonds is 9. The molecule has 0 atom stereocenters. The second kappa shape index (κ2) is 9.34. The highest BCUT2D eigenvalue weighted by molar-refractivity contribution is 5.93. The minimum Gasteiger partial charge on any atom is -0.370 e. The van der Waals surface area contributed by atoms with Gasteiger partial charge in [0.1, 0.15) is 5.82 Å². The number of nitrogens with zero attached hydrogens (tertiary/aromatic N) is 1. The quantitative estimate of drug-likeness (QED) is 0.680. The second-order valence-electron chi connectivity index (χ2n) is 5.50. The highest BCUT2D eigenvalue weighted by Crippen LogP contribution is 2.07. The van der Waals surface area contributed by atoms with Gasteiger partial charge < -0.3 is 10.6 Å². The van der Waals surface area contributed by atoms with Gasteiger partial charge in [-0.05, 0) is 30.9 Å². The Kier molecular flexibility index (Phi) is 7.70. The van der Waals surface area contributed by atoms with Crippen LogP contribution in [-0.4, -0.2) is 24.0 Å². The van der Waals surface area contributed by atoms with Crippen LogP contribution in [0.1, 0.15) is 56.8 Å². The molecule has 0 fully saturated rings. The Morgan fingerprint density at radius 1 is 1.25 bits per heavy atom. The molecule has 0 radical (unpaired) electrons. The van der Waals surface area contributed by atoms with Gasteiger partial charge in [0.2, 0.25) is 0 Å². The fraction of sp³-hybridized carbons (Fsp3) is 0.625. The van der Waals surface area contributed by atoms with E-state index in [-0.39, 0.29) is 5.91 Å². The molecule has 4 heteroatoms. The number of nitrogens with one attached hydrogen (secondary N) is 2. The van der Waals surface area contributed by atoms with Gasteiger partial charge in [-0.3, -0.25) is 4.79 Å². The van der Waals surface area contributed by atoms with Crippen molar-refractivity contribution < 1.29 is 4.79 Å². The molecule has 0 aromatic carbocycles. The summed E-state index contributed by atoms with van der Waals surface area (Å²) in [5.74, 6) is 1.52. The zero-order chi connectivity index (χ0) is 14.8. The van der Waals surface area contributed by atoms with Crippen molar-refractivity contribution in [2.24, 2.45) is 5.92 Å². The highest BCUT2D eigenvalue weighted by Gasteiger charge is 2.05. The van der Waals surface area contributed by atoms with Crippen LogP contribution in [0.5, 0.6) is 0 Å². The van der Waals surface area contributed by atoms with Gasteiger partial charge in [-0.2, -0.15) is 0 Å². The van der Waals surface area contributed by atoms with Crippen molar-refractivity contribution in [1.82, 2.24) is 10.3 Å². The van der Waals surface area contributed by atoms with Gasteiger partial charge in [0.05, 0.1) is 5.56 Å². The number of aromatic nitrogens is 1. The first-order valence-corrected chi connectivity index (χ1v) is 7.61. The molecule has 0 saturated carbocycles. The maximum Gasteiger partial charge on any atom is 0.252 e. The number of hydrogen-bond acceptors (Lipinski definition) is 3. The van der Waals surface area contributed by atoms with E-state index in [1.807, 2.05) is 12.1 Å². The molecule has 4 nitrogen and oxygen atoms in total. The number of carbonyl (C=O) groups excluding carboxylic acids is 1. The number of anilines is 1. The highest BCUT2D eigenvalue weighted by atomic mass is 16.1. The lowest BCUT2D eigenvalue weighted by molar-refractivity contribution is 0.0952. The average molecular weight is 277 g/mol. The largest absolute Gasteiger partial charge is 0.370 e. The van der Waals surface area contributed by atoms with Crippen molar-refractivity contribution in [3.63, 3.8) is 0 Å². The van der Waals surface area contributed by atoms with Crippen LogP contribution in [0.15, 0.2) is 18.3 Å². The fourth-order valence-corrected chi connectivity index (χ4v) is 1.87. The Hall–Kier alpha value is -1.58. The molecule has 0 unspecified atom stereocenters. The predicted molar refractivity (Wildman–Crippen MR) is 84.0 cm³/mol. The van der Waals surface area contributed by atoms with E-state index in [0.717, 1.165) is 44.1 Å². The standard InChI is InChI=1S/C16H27N3O/c1-4-10-17-15-9-8-14(12-19-15)16(20)18-11-6-5-7-13(2)3/h8-9,12-13H,4-7,10-11H2,1-3H3,(H,17,19)(H,18,20). The summed E-state index contributed by atoms with van der Waals surface area (Å²) >= 11 is 0. The molecule has 0 bridgehead atoms. The minimum absolute atomic E-state index is 0.0379. The van der Waals surface area contributed by atoms with E-state index in [4.69, 9.17) is 0 Å². The lowest BCUT2D eigenvalue weighted by Gasteiger charge is -2.07. The Labute approximate surface area is 122 Å². The number of pyridine rings is 1. The van der Waals surface area contributed by atoms with Crippen molar-refractivity contribution in [1.29, 1.82) is 0 Å². The molecular weight excluding hydrogens is 250 g/mol. The maximum atomic E-state index is 11.9. The molecule has 112 valence electrons. The van der Waals surface area contributed by atoms with Crippen molar-refractivity contribution in [3.8, 4) is 0 Å². The van der Waals surface area contributed by atoms with Crippen LogP contribution in [0, 0.1) is 5.92 Å². The summed E-state index contributed by atoms with van der Waals surface area (Å²) in [5.41, 5.74) is 0.621. The second-order valence-corrected chi connectivity index (χ2v) is 5.50. The van der Waals surface area contributed by atoms with Gasteiger partial charge >= 0.3 is 0 Å². The Balaban J connectivity index is 2.29. The van der Waals surface area contributed by atoms with E-state index in [2.05, 4.69) is 36.4 Å². The van der Waals surface area contributed by atoms with E-state index in [9.17, 15) is 4.79 Å². The number of unbranched alkanes of at least 4 members (excludes halogenated alkanes) is 1. The monoisotopic (exact) mass is 277 g/mol. The molecule has 1 rings (SSSR count). The van der Waals surface area contributed by atoms with Crippen LogP contribution in [-0.2, 0) is 0 Å². The zero-order valence-corrected chi connectivity index (χ0v) is 12.9. The third kappa shape index (κ3) is 6.55. The summed E-state index contributed by atoms with van der Waals surface area (Å²) in [6, 6.07) is 3.66. The van der Waals surface area contributed by atoms with Crippen LogP contribution < -0.4 is 10.6 Å². The molecule has 0 aliphatic rings. The summed E-state index contributed by atoms with van der Waals surface area (Å²) in [7, 11) is 0. The van der Waals surface area contributed by atoms with Crippen LogP contribution in [0.2, 0.25) is 0 Å². The molecule has 0 aliphatic carbocycles. The van der Waals surface area contributed by atoms with E-state index in [0.29, 0.717) is 5.56 Å². The van der Waals surface area contributed by atoms with Crippen LogP contribution in [0.3, 0.4) is 0 Å². The first-order chi connectivity index (χ1) is 9.63. The third-order valence-electron chi connectivity index (χ3n) is 3.08. The molecule has 1 amide bonds. The van der Waals surface area contributed by atoms with Gasteiger partial charge in [-0.25, -0.2) is 4.98 Å². The Morgan fingerprint density at radius 2 is 2.05 bits per heavy atom. The summed E-state index contributed by atoms with van der Waals surface area (Å²) in [5, 5.41) is 6.12. The van der Waals surface area contributed by atoms with E-state index in [1.54, 1.807) is 6.20 Å². The lowest BCUT2D eigenvalue weighted by atomic mass is 10.1. The molecule has 0 spiro atoms. The number of carbonyl (C=O) groups is 1. The van der Waals surface area contributed by atoms with Crippen molar-refractivity contribution in [3.05, 3.63) is 23.9 Å². The summed E-state index contributed by atoms with van der Waals surface area (Å²) in [6.45, 7) is 8.18. The normalized spacial score (nSPS) is 10.6. The fourth-order valence-electron chi connectivity index (χ4n) is 1.87. The van der Waals surface area contributed by atoms with Crippen LogP contribution >= 0.6 is 0 Å². The van der Waals surface area contributed by atoms with E-state index >= 15 is 0 Å². The summed E-state index contributed by atoms with van der Waals surface area (Å²) in [4.78, 5) is 16.1. The van der Waals surface area contributed by atoms with Crippen molar-refractivity contribution in [2.75, 3.05) is 18.4 Å². The SMILES string of the molecule is CCCNc1ccc(C(=O)NCCCCC(C)C)cn1. The van der Waals surface area contributed by atoms with Crippen LogP contribution in [0.4, 0.5) is 5.82 Å². The molecule has 1 heterocycles. The molecule has 2 N–H and O–H groups in total. The minimum atomic E-state index is -0.0379. The predicted octanol–water partition coefficient (Wildman–Crippen LogP) is 3.46. The molecule has 1 aromatic rings. The molecule has 20 heavy (non-hydrogen) atoms. The third-order valence-corrected chi connectivity index (χ3v) is 3.08. The smallest absolute Gasteiger partial charge is 0.252 e. The summed E-state index contributed by atoms with van der Waals surface area (Å²) < 4.78 is 0. The lowest BCUT2D eigenvalue weighted by Crippen LogP contribution is -2.24. The van der Waals surface area contributed by atoms with Crippen LogP contribution in [0.25, 0.3) is 0 Å². The van der Waals surface area contributed by atoms with Gasteiger partial charge in [-0.1, -0.05) is 33.6 Å². The number of hydrogen-bond donors (Lipinski definition) is 2. The van der Waals surface area contributed by atoms with Gasteiger partial charge in [-0.15, -0.1) is 0 Å². The number of amides is 1. The van der Waals surface area contributed by atoms with E-state index in [1.165, 1.54) is 6.42 Å². The topological polar surface area (TPSA) is 54.0 Å². The molecule has 0 aliphatic heterocycles. The Bertz CT molecular complexity index is 387. The van der Waals surface area contributed by atoms with Gasteiger partial charge in [0, 0.05) is 19.3 Å². The van der Waals surface area contributed by atoms with Gasteiger partial charge in [0.25, 0.3) is 5.91 Å². The first kappa shape index (κ1) is 16.5. The van der Waals surface area contributed by atoms with E-state index < -0.39 is 0 Å². The molecule has 1 aromatic heterocycles. The zero-order valence-electron chi connectivity index (χ0n) is 12.9. The molecule has 0 saturated heterocycles. The molecular formula is C16H27N3O. The Morgan fingerprint density at radius 3 is 2.65 bits per heavy atom. The maximum absolute atomic E-state index is 11.9. The van der Waals surface area contributed by atoms with Crippen molar-refractivity contribution in [2.45, 2.75) is 46.5 Å². The first-order valence-electron chi connectivity index (χ1n) is 7.61. The van der Waals surface area contributed by atoms with Crippen molar-refractivity contribution >= 4 is 11.7 Å².